The van der Waals surface area contributed by atoms with Crippen LogP contribution in [0.4, 0.5) is 8.78 Å². The molecule has 2 rings (SSSR count). The molecule has 3 unspecified atom stereocenters. The maximum atomic E-state index is 13.5. The molecule has 0 aromatic rings. The van der Waals surface area contributed by atoms with Gasteiger partial charge in [-0.1, -0.05) is 20.8 Å². The molecular formula is C12H23F2NO2Si. The summed E-state index contributed by atoms with van der Waals surface area (Å²) in [5.74, 6) is -2.71. The van der Waals surface area contributed by atoms with Gasteiger partial charge in [0.05, 0.1) is 0 Å². The highest BCUT2D eigenvalue weighted by atomic mass is 28.4. The second-order valence-electron chi connectivity index (χ2n) is 6.88. The van der Waals surface area contributed by atoms with Crippen molar-refractivity contribution in [2.75, 3.05) is 6.61 Å². The van der Waals surface area contributed by atoms with E-state index >= 15 is 0 Å². The van der Waals surface area contributed by atoms with Gasteiger partial charge in [0.1, 0.15) is 6.23 Å². The highest BCUT2D eigenvalue weighted by Crippen LogP contribution is 2.43. The summed E-state index contributed by atoms with van der Waals surface area (Å²) in [6.07, 6.45) is -1.58. The van der Waals surface area contributed by atoms with Crippen LogP contribution in [0.2, 0.25) is 18.1 Å². The van der Waals surface area contributed by atoms with E-state index in [4.69, 9.17) is 9.16 Å². The highest BCUT2D eigenvalue weighted by Gasteiger charge is 2.61. The Morgan fingerprint density at radius 1 is 1.39 bits per heavy atom. The second-order valence-corrected chi connectivity index (χ2v) is 11.7. The summed E-state index contributed by atoms with van der Waals surface area (Å²) in [6.45, 7) is 11.0. The molecule has 6 heteroatoms. The van der Waals surface area contributed by atoms with Crippen molar-refractivity contribution in [2.24, 2.45) is 0 Å². The van der Waals surface area contributed by atoms with Gasteiger partial charge in [0.25, 0.3) is 5.92 Å². The molecule has 0 bridgehead atoms. The Morgan fingerprint density at radius 3 is 2.50 bits per heavy atom. The van der Waals surface area contributed by atoms with E-state index in [1.807, 2.05) is 0 Å². The van der Waals surface area contributed by atoms with E-state index in [0.29, 0.717) is 6.61 Å². The number of ether oxygens (including phenoxy) is 1. The first-order valence-electron chi connectivity index (χ1n) is 6.46. The highest BCUT2D eigenvalue weighted by molar-refractivity contribution is 6.74. The number of fused-ring (bicyclic) bond motifs is 1. The zero-order chi connectivity index (χ0) is 13.8. The molecule has 2 aliphatic heterocycles. The lowest BCUT2D eigenvalue weighted by Crippen LogP contribution is -2.51. The molecule has 2 heterocycles. The van der Waals surface area contributed by atoms with Gasteiger partial charge in [0.15, 0.2) is 14.4 Å². The van der Waals surface area contributed by atoms with Gasteiger partial charge < -0.3 is 9.16 Å². The SMILES string of the molecule is CC(C)(C)[Si](C)(C)OCC1CC(F)(F)C2OC2N1. The van der Waals surface area contributed by atoms with Crippen LogP contribution >= 0.6 is 0 Å². The normalized spacial score (nSPS) is 35.2. The molecule has 1 N–H and O–H groups in total. The maximum absolute atomic E-state index is 13.5. The Kier molecular flexibility index (Phi) is 3.37. The summed E-state index contributed by atoms with van der Waals surface area (Å²) in [7, 11) is -1.87. The number of epoxide rings is 1. The number of hydrogen-bond donors (Lipinski definition) is 1. The van der Waals surface area contributed by atoms with Gasteiger partial charge in [-0.3, -0.25) is 5.32 Å². The summed E-state index contributed by atoms with van der Waals surface area (Å²) in [5.41, 5.74) is 0. The van der Waals surface area contributed by atoms with Crippen molar-refractivity contribution in [1.82, 2.24) is 5.32 Å². The Bertz CT molecular complexity index is 331. The minimum atomic E-state index is -2.71. The van der Waals surface area contributed by atoms with E-state index in [0.717, 1.165) is 0 Å². The van der Waals surface area contributed by atoms with Gasteiger partial charge in [-0.25, -0.2) is 8.78 Å². The maximum Gasteiger partial charge on any atom is 0.279 e. The van der Waals surface area contributed by atoms with Crippen LogP contribution in [-0.2, 0) is 9.16 Å². The molecule has 2 saturated heterocycles. The van der Waals surface area contributed by atoms with Crippen molar-refractivity contribution in [2.45, 2.75) is 69.6 Å². The minimum absolute atomic E-state index is 0.100. The number of rotatable bonds is 3. The third kappa shape index (κ3) is 2.76. The molecule has 0 radical (unpaired) electrons. The molecule has 0 aromatic heterocycles. The van der Waals surface area contributed by atoms with Gasteiger partial charge in [-0.05, 0) is 18.1 Å². The molecule has 18 heavy (non-hydrogen) atoms. The molecule has 3 atom stereocenters. The number of hydrogen-bond acceptors (Lipinski definition) is 3. The fourth-order valence-electron chi connectivity index (χ4n) is 1.93. The van der Waals surface area contributed by atoms with Crippen molar-refractivity contribution >= 4 is 8.32 Å². The van der Waals surface area contributed by atoms with Crippen LogP contribution in [0.5, 0.6) is 0 Å². The van der Waals surface area contributed by atoms with Crippen molar-refractivity contribution in [3.8, 4) is 0 Å². The summed E-state index contributed by atoms with van der Waals surface area (Å²) < 4.78 is 38.0. The van der Waals surface area contributed by atoms with Crippen LogP contribution in [0, 0.1) is 0 Å². The second kappa shape index (κ2) is 4.23. The molecular weight excluding hydrogens is 256 g/mol. The molecule has 0 saturated carbocycles. The third-order valence-electron chi connectivity index (χ3n) is 4.28. The average Bonchev–Trinajstić information content (AvgIpc) is 2.92. The van der Waals surface area contributed by atoms with Gasteiger partial charge >= 0.3 is 0 Å². The summed E-state index contributed by atoms with van der Waals surface area (Å²) in [6, 6.07) is -0.308. The van der Waals surface area contributed by atoms with Gasteiger partial charge in [0, 0.05) is 19.1 Å². The fraction of sp³-hybridized carbons (Fsp3) is 1.00. The van der Waals surface area contributed by atoms with Gasteiger partial charge in [-0.2, -0.15) is 0 Å². The molecule has 106 valence electrons. The lowest BCUT2D eigenvalue weighted by molar-refractivity contribution is -0.0505. The van der Waals surface area contributed by atoms with Crippen LogP contribution in [-0.4, -0.2) is 39.2 Å². The van der Waals surface area contributed by atoms with Crippen molar-refractivity contribution in [1.29, 1.82) is 0 Å². The summed E-state index contributed by atoms with van der Waals surface area (Å²) in [5, 5.41) is 3.17. The molecule has 2 fully saturated rings. The summed E-state index contributed by atoms with van der Waals surface area (Å²) >= 11 is 0. The van der Waals surface area contributed by atoms with Crippen molar-refractivity contribution < 1.29 is 17.9 Å². The molecule has 3 nitrogen and oxygen atoms in total. The Balaban J connectivity index is 1.88. The van der Waals surface area contributed by atoms with Crippen molar-refractivity contribution in [3.63, 3.8) is 0 Å². The van der Waals surface area contributed by atoms with Crippen LogP contribution in [0.3, 0.4) is 0 Å². The fourth-order valence-corrected chi connectivity index (χ4v) is 2.98. The van der Waals surface area contributed by atoms with Crippen LogP contribution < -0.4 is 5.32 Å². The standard InChI is InChI=1S/C12H23F2NO2Si/c1-11(2,3)18(4,5)16-7-8-6-12(13,14)9-10(15-8)17-9/h8-10,15H,6-7H2,1-5H3. The van der Waals surface area contributed by atoms with E-state index < -0.39 is 26.6 Å². The van der Waals surface area contributed by atoms with E-state index in [1.54, 1.807) is 0 Å². The summed E-state index contributed by atoms with van der Waals surface area (Å²) in [4.78, 5) is 0. The van der Waals surface area contributed by atoms with E-state index in [1.165, 1.54) is 0 Å². The topological polar surface area (TPSA) is 33.8 Å². The predicted molar refractivity (Wildman–Crippen MR) is 68.3 cm³/mol. The molecule has 0 aliphatic carbocycles. The van der Waals surface area contributed by atoms with Gasteiger partial charge in [0.2, 0.25) is 0 Å². The first-order chi connectivity index (χ1) is 8.03. The number of halogens is 2. The molecule has 2 aliphatic rings. The minimum Gasteiger partial charge on any atom is -0.415 e. The van der Waals surface area contributed by atoms with Crippen LogP contribution in [0.15, 0.2) is 0 Å². The third-order valence-corrected chi connectivity index (χ3v) is 8.78. The molecule has 0 aromatic carbocycles. The lowest BCUT2D eigenvalue weighted by atomic mass is 10.0. The first-order valence-corrected chi connectivity index (χ1v) is 9.37. The Morgan fingerprint density at radius 2 is 2.00 bits per heavy atom. The monoisotopic (exact) mass is 279 g/mol. The number of piperidine rings is 1. The van der Waals surface area contributed by atoms with E-state index in [-0.39, 0.29) is 17.5 Å². The molecule has 0 amide bonds. The predicted octanol–water partition coefficient (Wildman–Crippen LogP) is 2.73. The smallest absolute Gasteiger partial charge is 0.279 e. The van der Waals surface area contributed by atoms with Crippen molar-refractivity contribution in [3.05, 3.63) is 0 Å². The van der Waals surface area contributed by atoms with E-state index in [2.05, 4.69) is 39.2 Å². The zero-order valence-electron chi connectivity index (χ0n) is 11.7. The Labute approximate surface area is 108 Å². The van der Waals surface area contributed by atoms with Gasteiger partial charge in [-0.15, -0.1) is 0 Å². The van der Waals surface area contributed by atoms with Crippen LogP contribution in [0.25, 0.3) is 0 Å². The van der Waals surface area contributed by atoms with E-state index in [9.17, 15) is 8.78 Å². The number of alkyl halides is 2. The lowest BCUT2D eigenvalue weighted by Gasteiger charge is -2.38. The molecule has 0 spiro atoms. The zero-order valence-corrected chi connectivity index (χ0v) is 12.7. The van der Waals surface area contributed by atoms with Crippen LogP contribution in [0.1, 0.15) is 27.2 Å². The number of nitrogens with one attached hydrogen (secondary N) is 1. The average molecular weight is 279 g/mol. The quantitative estimate of drug-likeness (QED) is 0.637. The Hall–Kier alpha value is -0.0431. The first kappa shape index (κ1) is 14.4. The largest absolute Gasteiger partial charge is 0.415 e.